The van der Waals surface area contributed by atoms with Gasteiger partial charge in [-0.25, -0.2) is 0 Å². The van der Waals surface area contributed by atoms with E-state index in [4.69, 9.17) is 15.2 Å². The van der Waals surface area contributed by atoms with E-state index >= 15 is 0 Å². The van der Waals surface area contributed by atoms with Crippen molar-refractivity contribution in [2.24, 2.45) is 10.7 Å². The number of hydrogen-bond acceptors (Lipinski definition) is 3. The molecule has 0 radical (unpaired) electrons. The summed E-state index contributed by atoms with van der Waals surface area (Å²) in [6.07, 6.45) is 1.91. The first-order chi connectivity index (χ1) is 10.1. The largest absolute Gasteiger partial charge is 0.494 e. The predicted molar refractivity (Wildman–Crippen MR) is 102 cm³/mol. The second-order valence-electron chi connectivity index (χ2n) is 5.14. The molecule has 22 heavy (non-hydrogen) atoms. The molecule has 0 amide bonds. The lowest BCUT2D eigenvalue weighted by atomic mass is 10.2. The highest BCUT2D eigenvalue weighted by Crippen LogP contribution is 2.11. The van der Waals surface area contributed by atoms with E-state index < -0.39 is 0 Å². The van der Waals surface area contributed by atoms with Gasteiger partial charge in [-0.2, -0.15) is 0 Å². The molecule has 3 N–H and O–H groups in total. The van der Waals surface area contributed by atoms with Crippen LogP contribution in [0.3, 0.4) is 0 Å². The van der Waals surface area contributed by atoms with Gasteiger partial charge in [0.1, 0.15) is 5.75 Å². The van der Waals surface area contributed by atoms with Crippen LogP contribution >= 0.6 is 24.0 Å². The molecule has 0 aliphatic heterocycles. The Bertz CT molecular complexity index is 424. The number of hydrogen-bond donors (Lipinski definition) is 2. The molecule has 1 atom stereocenters. The van der Waals surface area contributed by atoms with E-state index in [-0.39, 0.29) is 30.0 Å². The summed E-state index contributed by atoms with van der Waals surface area (Å²) in [5.74, 6) is 1.39. The Morgan fingerprint density at radius 1 is 1.27 bits per heavy atom. The van der Waals surface area contributed by atoms with Gasteiger partial charge in [-0.15, -0.1) is 24.0 Å². The smallest absolute Gasteiger partial charge is 0.188 e. The molecule has 0 bridgehead atoms. The molecule has 0 fully saturated rings. The molecule has 0 aliphatic carbocycles. The highest BCUT2D eigenvalue weighted by Gasteiger charge is 2.00. The summed E-state index contributed by atoms with van der Waals surface area (Å²) in [6.45, 7) is 6.08. The summed E-state index contributed by atoms with van der Waals surface area (Å²) in [5, 5.41) is 3.07. The van der Waals surface area contributed by atoms with Crippen LogP contribution in [0.25, 0.3) is 0 Å². The molecule has 1 aromatic carbocycles. The van der Waals surface area contributed by atoms with E-state index in [0.29, 0.717) is 25.7 Å². The number of nitrogens with two attached hydrogens (primary N) is 1. The number of aryl methyl sites for hydroxylation is 1. The van der Waals surface area contributed by atoms with Crippen molar-refractivity contribution in [1.29, 1.82) is 0 Å². The monoisotopic (exact) mass is 421 g/mol. The fourth-order valence-electron chi connectivity index (χ4n) is 1.83. The number of unbranched alkanes of at least 4 members (excludes halogenated alkanes) is 1. The van der Waals surface area contributed by atoms with Crippen LogP contribution in [-0.2, 0) is 4.74 Å². The Balaban J connectivity index is 0.00000441. The number of nitrogens with zero attached hydrogens (tertiary/aromatic N) is 1. The van der Waals surface area contributed by atoms with E-state index in [1.807, 2.05) is 31.2 Å². The lowest BCUT2D eigenvalue weighted by Crippen LogP contribution is -2.40. The lowest BCUT2D eigenvalue weighted by molar-refractivity contribution is 0.179. The molecular weight excluding hydrogens is 393 g/mol. The minimum Gasteiger partial charge on any atom is -0.494 e. The number of methoxy groups -OCH3 is 1. The maximum Gasteiger partial charge on any atom is 0.188 e. The molecule has 126 valence electrons. The van der Waals surface area contributed by atoms with Gasteiger partial charge in [0, 0.05) is 19.7 Å². The van der Waals surface area contributed by atoms with Crippen LogP contribution < -0.4 is 15.8 Å². The van der Waals surface area contributed by atoms with Crippen LogP contribution in [0.5, 0.6) is 5.75 Å². The lowest BCUT2D eigenvalue weighted by Gasteiger charge is -2.13. The van der Waals surface area contributed by atoms with Crippen molar-refractivity contribution in [3.63, 3.8) is 0 Å². The van der Waals surface area contributed by atoms with Crippen molar-refractivity contribution in [2.75, 3.05) is 26.9 Å². The Labute approximate surface area is 150 Å². The zero-order chi connectivity index (χ0) is 15.5. The molecule has 1 unspecified atom stereocenters. The normalized spacial score (nSPS) is 12.4. The molecule has 0 aliphatic rings. The third kappa shape index (κ3) is 9.83. The van der Waals surface area contributed by atoms with Gasteiger partial charge in [-0.1, -0.05) is 17.7 Å². The number of ether oxygens (including phenoxy) is 2. The number of aliphatic imine (C=N–C) groups is 1. The van der Waals surface area contributed by atoms with E-state index in [1.54, 1.807) is 7.11 Å². The van der Waals surface area contributed by atoms with E-state index in [1.165, 1.54) is 5.56 Å². The molecule has 6 heteroatoms. The molecule has 0 aromatic heterocycles. The summed E-state index contributed by atoms with van der Waals surface area (Å²) >= 11 is 0. The summed E-state index contributed by atoms with van der Waals surface area (Å²) in [4.78, 5) is 4.27. The maximum absolute atomic E-state index is 5.78. The average Bonchev–Trinajstić information content (AvgIpc) is 2.44. The molecule has 0 saturated carbocycles. The summed E-state index contributed by atoms with van der Waals surface area (Å²) < 4.78 is 10.7. The Kier molecular flexibility index (Phi) is 11.9. The van der Waals surface area contributed by atoms with Gasteiger partial charge in [0.15, 0.2) is 5.96 Å². The second kappa shape index (κ2) is 12.5. The highest BCUT2D eigenvalue weighted by atomic mass is 127. The predicted octanol–water partition coefficient (Wildman–Crippen LogP) is 2.71. The molecular formula is C16H28IN3O2. The first-order valence-corrected chi connectivity index (χ1v) is 7.36. The van der Waals surface area contributed by atoms with Crippen LogP contribution in [-0.4, -0.2) is 38.9 Å². The average molecular weight is 421 g/mol. The van der Waals surface area contributed by atoms with Crippen LogP contribution in [0, 0.1) is 6.92 Å². The Hall–Kier alpha value is -1.02. The van der Waals surface area contributed by atoms with E-state index in [2.05, 4.69) is 17.2 Å². The van der Waals surface area contributed by atoms with Crippen molar-refractivity contribution in [3.05, 3.63) is 29.8 Å². The topological polar surface area (TPSA) is 68.9 Å². The van der Waals surface area contributed by atoms with Gasteiger partial charge in [0.25, 0.3) is 0 Å². The first kappa shape index (κ1) is 21.0. The first-order valence-electron chi connectivity index (χ1n) is 7.36. The van der Waals surface area contributed by atoms with Gasteiger partial charge >= 0.3 is 0 Å². The number of halogens is 1. The second-order valence-corrected chi connectivity index (χ2v) is 5.14. The number of nitrogens with one attached hydrogen (secondary N) is 1. The Morgan fingerprint density at radius 2 is 1.95 bits per heavy atom. The quantitative estimate of drug-likeness (QED) is 0.279. The third-order valence-electron chi connectivity index (χ3n) is 2.94. The van der Waals surface area contributed by atoms with Crippen molar-refractivity contribution in [2.45, 2.75) is 32.7 Å². The summed E-state index contributed by atoms with van der Waals surface area (Å²) in [5.41, 5.74) is 7.02. The van der Waals surface area contributed by atoms with Gasteiger partial charge in [-0.05, 0) is 38.8 Å². The Morgan fingerprint density at radius 3 is 2.59 bits per heavy atom. The van der Waals surface area contributed by atoms with Crippen molar-refractivity contribution >= 4 is 29.9 Å². The summed E-state index contributed by atoms with van der Waals surface area (Å²) in [6, 6.07) is 8.25. The van der Waals surface area contributed by atoms with Crippen LogP contribution in [0.15, 0.2) is 29.3 Å². The van der Waals surface area contributed by atoms with Crippen LogP contribution in [0.1, 0.15) is 25.3 Å². The fourth-order valence-corrected chi connectivity index (χ4v) is 1.83. The van der Waals surface area contributed by atoms with E-state index in [0.717, 1.165) is 18.6 Å². The zero-order valence-electron chi connectivity index (χ0n) is 13.7. The summed E-state index contributed by atoms with van der Waals surface area (Å²) in [7, 11) is 1.67. The zero-order valence-corrected chi connectivity index (χ0v) is 16.0. The van der Waals surface area contributed by atoms with Crippen molar-refractivity contribution in [3.8, 4) is 5.75 Å². The van der Waals surface area contributed by atoms with Gasteiger partial charge in [0.05, 0.1) is 13.2 Å². The van der Waals surface area contributed by atoms with Crippen LogP contribution in [0.4, 0.5) is 0 Å². The molecule has 1 aromatic rings. The molecule has 5 nitrogen and oxygen atoms in total. The van der Waals surface area contributed by atoms with Gasteiger partial charge in [-0.3, -0.25) is 4.99 Å². The maximum atomic E-state index is 5.78. The molecule has 0 saturated heterocycles. The standard InChI is InChI=1S/C16H27N3O2.HI/c1-13-6-8-15(9-7-13)21-11-5-4-10-18-16(17)19-14(2)12-20-3;/h6-9,14H,4-5,10-12H2,1-3H3,(H3,17,18,19);1H. The van der Waals surface area contributed by atoms with E-state index in [9.17, 15) is 0 Å². The SMILES string of the molecule is COCC(C)NC(N)=NCCCCOc1ccc(C)cc1.I. The van der Waals surface area contributed by atoms with Crippen molar-refractivity contribution < 1.29 is 9.47 Å². The minimum absolute atomic E-state index is 0. The third-order valence-corrected chi connectivity index (χ3v) is 2.94. The molecule has 0 spiro atoms. The number of guanidine groups is 1. The van der Waals surface area contributed by atoms with Gasteiger partial charge < -0.3 is 20.5 Å². The van der Waals surface area contributed by atoms with Crippen molar-refractivity contribution in [1.82, 2.24) is 5.32 Å². The number of benzene rings is 1. The highest BCUT2D eigenvalue weighted by molar-refractivity contribution is 14.0. The fraction of sp³-hybridized carbons (Fsp3) is 0.562. The molecule has 1 rings (SSSR count). The molecule has 0 heterocycles. The number of rotatable bonds is 9. The van der Waals surface area contributed by atoms with Crippen LogP contribution in [0.2, 0.25) is 0 Å². The van der Waals surface area contributed by atoms with Gasteiger partial charge in [0.2, 0.25) is 0 Å². The minimum atomic E-state index is 0.